The van der Waals surface area contributed by atoms with Crippen molar-refractivity contribution < 1.29 is 14.3 Å². The average Bonchev–Trinajstić information content (AvgIpc) is 3.16. The van der Waals surface area contributed by atoms with Crippen molar-refractivity contribution >= 4 is 47.6 Å². The third kappa shape index (κ3) is 4.19. The molecular formula is C17H24IN5O3. The van der Waals surface area contributed by atoms with Gasteiger partial charge in [0.05, 0.1) is 20.2 Å². The summed E-state index contributed by atoms with van der Waals surface area (Å²) in [4.78, 5) is 30.0. The number of guanidine groups is 1. The molecule has 2 aliphatic rings. The first kappa shape index (κ1) is 20.3. The van der Waals surface area contributed by atoms with Crippen molar-refractivity contribution in [1.29, 1.82) is 0 Å². The zero-order valence-corrected chi connectivity index (χ0v) is 17.0. The molecule has 1 aliphatic carbocycles. The number of hydrogen-bond donors (Lipinski definition) is 3. The Morgan fingerprint density at radius 3 is 2.58 bits per heavy atom. The lowest BCUT2D eigenvalue weighted by Gasteiger charge is -2.19. The Bertz CT molecular complexity index is 686. The highest BCUT2D eigenvalue weighted by atomic mass is 127. The molecule has 1 aromatic rings. The molecule has 1 saturated heterocycles. The van der Waals surface area contributed by atoms with Crippen LogP contribution in [-0.4, -0.2) is 48.5 Å². The molecule has 142 valence electrons. The first-order valence-corrected chi connectivity index (χ1v) is 8.39. The fourth-order valence-electron chi connectivity index (χ4n) is 3.33. The molecule has 8 nitrogen and oxygen atoms in total. The van der Waals surface area contributed by atoms with E-state index in [0.717, 1.165) is 37.1 Å². The number of urea groups is 1. The summed E-state index contributed by atoms with van der Waals surface area (Å²) in [6, 6.07) is 6.93. The normalized spacial score (nSPS) is 18.7. The molecule has 2 fully saturated rings. The molecule has 0 unspecified atom stereocenters. The SMILES string of the molecule is COc1ccc(NC(N)=NCCN2C(=O)NC3(CCCC3)C2=O)cc1.I. The smallest absolute Gasteiger partial charge is 0.325 e. The number of methoxy groups -OCH3 is 1. The van der Waals surface area contributed by atoms with Gasteiger partial charge in [0.1, 0.15) is 11.3 Å². The molecule has 0 radical (unpaired) electrons. The lowest BCUT2D eigenvalue weighted by Crippen LogP contribution is -2.44. The van der Waals surface area contributed by atoms with Crippen LogP contribution in [0.1, 0.15) is 25.7 Å². The quantitative estimate of drug-likeness (QED) is 0.262. The Morgan fingerprint density at radius 1 is 1.31 bits per heavy atom. The van der Waals surface area contributed by atoms with Crippen LogP contribution < -0.4 is 21.1 Å². The summed E-state index contributed by atoms with van der Waals surface area (Å²) in [5.41, 5.74) is 5.96. The van der Waals surface area contributed by atoms with Gasteiger partial charge in [-0.15, -0.1) is 24.0 Å². The van der Waals surface area contributed by atoms with E-state index in [9.17, 15) is 9.59 Å². The number of carbonyl (C=O) groups excluding carboxylic acids is 2. The molecule has 1 spiro atoms. The van der Waals surface area contributed by atoms with Gasteiger partial charge < -0.3 is 21.1 Å². The summed E-state index contributed by atoms with van der Waals surface area (Å²) in [6.45, 7) is 0.474. The average molecular weight is 473 g/mol. The highest BCUT2D eigenvalue weighted by Gasteiger charge is 2.52. The van der Waals surface area contributed by atoms with Gasteiger partial charge in [0.15, 0.2) is 5.96 Å². The van der Waals surface area contributed by atoms with Gasteiger partial charge in [-0.25, -0.2) is 4.79 Å². The van der Waals surface area contributed by atoms with Crippen LogP contribution in [-0.2, 0) is 4.79 Å². The van der Waals surface area contributed by atoms with Crippen LogP contribution in [0.3, 0.4) is 0 Å². The van der Waals surface area contributed by atoms with E-state index in [0.29, 0.717) is 0 Å². The lowest BCUT2D eigenvalue weighted by molar-refractivity contribution is -0.131. The van der Waals surface area contributed by atoms with E-state index >= 15 is 0 Å². The van der Waals surface area contributed by atoms with E-state index in [1.54, 1.807) is 7.11 Å². The van der Waals surface area contributed by atoms with Gasteiger partial charge in [-0.05, 0) is 37.1 Å². The van der Waals surface area contributed by atoms with Crippen LogP contribution in [0.25, 0.3) is 0 Å². The van der Waals surface area contributed by atoms with Gasteiger partial charge in [0.2, 0.25) is 0 Å². The van der Waals surface area contributed by atoms with Crippen molar-refractivity contribution in [2.45, 2.75) is 31.2 Å². The number of anilines is 1. The Kier molecular flexibility index (Phi) is 6.68. The highest BCUT2D eigenvalue weighted by Crippen LogP contribution is 2.34. The zero-order chi connectivity index (χ0) is 17.9. The minimum Gasteiger partial charge on any atom is -0.497 e. The third-order valence-electron chi connectivity index (χ3n) is 4.67. The highest BCUT2D eigenvalue weighted by molar-refractivity contribution is 14.0. The maximum atomic E-state index is 12.5. The Labute approximate surface area is 169 Å². The van der Waals surface area contributed by atoms with Gasteiger partial charge in [-0.1, -0.05) is 12.8 Å². The number of aliphatic imine (C=N–C) groups is 1. The number of carbonyl (C=O) groups is 2. The van der Waals surface area contributed by atoms with E-state index in [2.05, 4.69) is 15.6 Å². The Balaban J connectivity index is 0.00000243. The summed E-state index contributed by atoms with van der Waals surface area (Å²) in [5, 5.41) is 5.81. The number of nitrogens with one attached hydrogen (secondary N) is 2. The van der Waals surface area contributed by atoms with Crippen molar-refractivity contribution in [3.05, 3.63) is 24.3 Å². The van der Waals surface area contributed by atoms with Gasteiger partial charge in [0.25, 0.3) is 5.91 Å². The van der Waals surface area contributed by atoms with Crippen molar-refractivity contribution in [2.75, 3.05) is 25.5 Å². The van der Waals surface area contributed by atoms with Gasteiger partial charge >= 0.3 is 6.03 Å². The van der Waals surface area contributed by atoms with Crippen LogP contribution >= 0.6 is 24.0 Å². The molecule has 9 heteroatoms. The van der Waals surface area contributed by atoms with Crippen molar-refractivity contribution in [3.8, 4) is 5.75 Å². The lowest BCUT2D eigenvalue weighted by atomic mass is 9.98. The topological polar surface area (TPSA) is 109 Å². The summed E-state index contributed by atoms with van der Waals surface area (Å²) >= 11 is 0. The molecule has 1 saturated carbocycles. The second kappa shape index (κ2) is 8.56. The standard InChI is InChI=1S/C17H23N5O3.HI/c1-25-13-6-4-12(5-7-13)20-15(18)19-10-11-22-14(23)17(21-16(22)24)8-2-3-9-17;/h4-7H,2-3,8-11H2,1H3,(H,21,24)(H3,18,19,20);1H. The second-order valence-corrected chi connectivity index (χ2v) is 6.30. The number of rotatable bonds is 5. The van der Waals surface area contributed by atoms with Crippen molar-refractivity contribution in [3.63, 3.8) is 0 Å². The summed E-state index contributed by atoms with van der Waals surface area (Å²) in [6.07, 6.45) is 3.38. The minimum absolute atomic E-state index is 0. The van der Waals surface area contributed by atoms with Gasteiger partial charge in [0, 0.05) is 5.69 Å². The van der Waals surface area contributed by atoms with Gasteiger partial charge in [-0.2, -0.15) is 0 Å². The number of imide groups is 1. The monoisotopic (exact) mass is 473 g/mol. The maximum absolute atomic E-state index is 12.5. The number of benzene rings is 1. The van der Waals surface area contributed by atoms with E-state index in [4.69, 9.17) is 10.5 Å². The molecule has 0 atom stereocenters. The molecule has 4 N–H and O–H groups in total. The molecule has 1 heterocycles. The molecule has 1 aromatic carbocycles. The first-order chi connectivity index (χ1) is 12.0. The Morgan fingerprint density at radius 2 is 1.96 bits per heavy atom. The van der Waals surface area contributed by atoms with Crippen LogP contribution in [0.2, 0.25) is 0 Å². The van der Waals surface area contributed by atoms with E-state index < -0.39 is 5.54 Å². The molecule has 0 aromatic heterocycles. The van der Waals surface area contributed by atoms with Crippen molar-refractivity contribution in [1.82, 2.24) is 10.2 Å². The van der Waals surface area contributed by atoms with E-state index in [1.165, 1.54) is 4.90 Å². The molecule has 0 bridgehead atoms. The van der Waals surface area contributed by atoms with E-state index in [-0.39, 0.29) is 55.0 Å². The number of nitrogens with zero attached hydrogens (tertiary/aromatic N) is 2. The predicted octanol–water partition coefficient (Wildman–Crippen LogP) is 1.90. The molecule has 26 heavy (non-hydrogen) atoms. The largest absolute Gasteiger partial charge is 0.497 e. The molecule has 3 amide bonds. The molecule has 1 aliphatic heterocycles. The maximum Gasteiger partial charge on any atom is 0.325 e. The summed E-state index contributed by atoms with van der Waals surface area (Å²) in [7, 11) is 1.60. The number of hydrogen-bond acceptors (Lipinski definition) is 4. The second-order valence-electron chi connectivity index (χ2n) is 6.30. The van der Waals surface area contributed by atoms with Gasteiger partial charge in [-0.3, -0.25) is 14.7 Å². The number of ether oxygens (including phenoxy) is 1. The van der Waals surface area contributed by atoms with Crippen LogP contribution in [0, 0.1) is 0 Å². The first-order valence-electron chi connectivity index (χ1n) is 8.39. The fourth-order valence-corrected chi connectivity index (χ4v) is 3.33. The van der Waals surface area contributed by atoms with Crippen molar-refractivity contribution in [2.24, 2.45) is 10.7 Å². The Hall–Kier alpha value is -2.04. The van der Waals surface area contributed by atoms with Crippen LogP contribution in [0.5, 0.6) is 5.75 Å². The fraction of sp³-hybridized carbons (Fsp3) is 0.471. The molecular weight excluding hydrogens is 449 g/mol. The molecule has 3 rings (SSSR count). The number of nitrogens with two attached hydrogens (primary N) is 1. The summed E-state index contributed by atoms with van der Waals surface area (Å²) in [5.74, 6) is 0.847. The zero-order valence-electron chi connectivity index (χ0n) is 14.7. The number of halogens is 1. The third-order valence-corrected chi connectivity index (χ3v) is 4.67. The van der Waals surface area contributed by atoms with E-state index in [1.807, 2.05) is 24.3 Å². The minimum atomic E-state index is -0.673. The number of amides is 3. The van der Waals surface area contributed by atoms with Crippen LogP contribution in [0.15, 0.2) is 29.3 Å². The van der Waals surface area contributed by atoms with Crippen LogP contribution in [0.4, 0.5) is 10.5 Å². The summed E-state index contributed by atoms with van der Waals surface area (Å²) < 4.78 is 5.09. The predicted molar refractivity (Wildman–Crippen MR) is 110 cm³/mol.